The minimum atomic E-state index is 0.177. The standard InChI is InChI=1S/C13H10N2O/c16-13-5-9-3-1-2-4-11(9)12(13)6-10-7-14-8-15-10/h1-4,6-8H,5H2,(H,14,15)/b12-6-. The van der Waals surface area contributed by atoms with E-state index in [2.05, 4.69) is 9.97 Å². The Labute approximate surface area is 92.8 Å². The van der Waals surface area contributed by atoms with Gasteiger partial charge in [-0.15, -0.1) is 0 Å². The van der Waals surface area contributed by atoms with E-state index in [1.165, 1.54) is 0 Å². The van der Waals surface area contributed by atoms with Crippen LogP contribution in [0.1, 0.15) is 16.8 Å². The van der Waals surface area contributed by atoms with E-state index in [1.54, 1.807) is 12.5 Å². The van der Waals surface area contributed by atoms with E-state index in [-0.39, 0.29) is 5.78 Å². The highest BCUT2D eigenvalue weighted by molar-refractivity contribution is 6.29. The fourth-order valence-electron chi connectivity index (χ4n) is 2.01. The summed E-state index contributed by atoms with van der Waals surface area (Å²) >= 11 is 0. The van der Waals surface area contributed by atoms with Crippen molar-refractivity contribution in [2.45, 2.75) is 6.42 Å². The molecule has 1 aromatic heterocycles. The van der Waals surface area contributed by atoms with Gasteiger partial charge in [0.15, 0.2) is 5.78 Å². The maximum absolute atomic E-state index is 11.9. The number of Topliss-reactive ketones (excluding diaryl/α,β-unsaturated/α-hetero) is 1. The number of hydrogen-bond acceptors (Lipinski definition) is 2. The Bertz CT molecular complexity index is 567. The molecule has 16 heavy (non-hydrogen) atoms. The average Bonchev–Trinajstić information content (AvgIpc) is 2.89. The van der Waals surface area contributed by atoms with E-state index in [4.69, 9.17) is 0 Å². The van der Waals surface area contributed by atoms with Gasteiger partial charge in [0.1, 0.15) is 0 Å². The van der Waals surface area contributed by atoms with Crippen LogP contribution >= 0.6 is 0 Å². The fourth-order valence-corrected chi connectivity index (χ4v) is 2.01. The lowest BCUT2D eigenvalue weighted by Gasteiger charge is -1.97. The molecule has 3 nitrogen and oxygen atoms in total. The molecule has 0 saturated heterocycles. The Morgan fingerprint density at radius 1 is 1.31 bits per heavy atom. The minimum absolute atomic E-state index is 0.177. The van der Waals surface area contributed by atoms with Gasteiger partial charge in [-0.05, 0) is 17.2 Å². The number of benzene rings is 1. The van der Waals surface area contributed by atoms with Gasteiger partial charge in [0, 0.05) is 12.0 Å². The van der Waals surface area contributed by atoms with Crippen molar-refractivity contribution < 1.29 is 4.79 Å². The topological polar surface area (TPSA) is 45.8 Å². The predicted molar refractivity (Wildman–Crippen MR) is 61.6 cm³/mol. The summed E-state index contributed by atoms with van der Waals surface area (Å²) in [5, 5.41) is 0. The smallest absolute Gasteiger partial charge is 0.167 e. The molecular formula is C13H10N2O. The maximum atomic E-state index is 11.9. The van der Waals surface area contributed by atoms with Gasteiger partial charge in [0.05, 0.1) is 18.2 Å². The number of nitrogens with one attached hydrogen (secondary N) is 1. The molecule has 3 heteroatoms. The average molecular weight is 210 g/mol. The van der Waals surface area contributed by atoms with E-state index in [0.29, 0.717) is 6.42 Å². The van der Waals surface area contributed by atoms with E-state index in [0.717, 1.165) is 22.4 Å². The predicted octanol–water partition coefficient (Wildman–Crippen LogP) is 2.08. The Kier molecular flexibility index (Phi) is 1.96. The number of allylic oxidation sites excluding steroid dienone is 1. The number of rotatable bonds is 1. The lowest BCUT2D eigenvalue weighted by atomic mass is 10.1. The van der Waals surface area contributed by atoms with Crippen LogP contribution in [0.2, 0.25) is 0 Å². The van der Waals surface area contributed by atoms with Crippen LogP contribution in [0.25, 0.3) is 11.6 Å². The van der Waals surface area contributed by atoms with Gasteiger partial charge in [-0.25, -0.2) is 4.98 Å². The second-order valence-electron chi connectivity index (χ2n) is 3.82. The lowest BCUT2D eigenvalue weighted by Crippen LogP contribution is -1.93. The lowest BCUT2D eigenvalue weighted by molar-refractivity contribution is -0.112. The van der Waals surface area contributed by atoms with Crippen LogP contribution in [0.5, 0.6) is 0 Å². The second kappa shape index (κ2) is 3.45. The van der Waals surface area contributed by atoms with E-state index in [9.17, 15) is 4.79 Å². The highest BCUT2D eigenvalue weighted by Crippen LogP contribution is 2.30. The summed E-state index contributed by atoms with van der Waals surface area (Å²) in [6.45, 7) is 0. The molecule has 2 aromatic rings. The van der Waals surface area contributed by atoms with Crippen molar-refractivity contribution in [3.8, 4) is 0 Å². The third-order valence-electron chi connectivity index (χ3n) is 2.78. The monoisotopic (exact) mass is 210 g/mol. The molecule has 0 fully saturated rings. The number of H-pyrrole nitrogens is 1. The number of nitrogens with zero attached hydrogens (tertiary/aromatic N) is 1. The fraction of sp³-hybridized carbons (Fsp3) is 0.0769. The zero-order valence-corrected chi connectivity index (χ0v) is 8.60. The number of imidazole rings is 1. The van der Waals surface area contributed by atoms with E-state index in [1.807, 2.05) is 30.3 Å². The zero-order chi connectivity index (χ0) is 11.0. The summed E-state index contributed by atoms with van der Waals surface area (Å²) in [7, 11) is 0. The molecule has 0 unspecified atom stereocenters. The van der Waals surface area contributed by atoms with Gasteiger partial charge in [-0.3, -0.25) is 4.79 Å². The van der Waals surface area contributed by atoms with Crippen molar-refractivity contribution in [3.05, 3.63) is 53.6 Å². The van der Waals surface area contributed by atoms with Gasteiger partial charge >= 0.3 is 0 Å². The van der Waals surface area contributed by atoms with E-state index < -0.39 is 0 Å². The number of hydrogen-bond donors (Lipinski definition) is 1. The van der Waals surface area contributed by atoms with Crippen molar-refractivity contribution in [3.63, 3.8) is 0 Å². The molecule has 0 aliphatic heterocycles. The molecule has 0 bridgehead atoms. The normalized spacial score (nSPS) is 16.8. The minimum Gasteiger partial charge on any atom is -0.345 e. The van der Waals surface area contributed by atoms with Gasteiger partial charge in [-0.2, -0.15) is 0 Å². The SMILES string of the molecule is O=C1Cc2ccccc2/C1=C/c1cnc[nH]1. The molecule has 78 valence electrons. The Morgan fingerprint density at radius 3 is 3.00 bits per heavy atom. The van der Waals surface area contributed by atoms with Crippen LogP contribution < -0.4 is 0 Å². The molecule has 0 saturated carbocycles. The largest absolute Gasteiger partial charge is 0.345 e. The number of carbonyl (C=O) groups is 1. The first-order chi connectivity index (χ1) is 7.84. The Hall–Kier alpha value is -2.16. The molecule has 1 N–H and O–H groups in total. The molecular weight excluding hydrogens is 200 g/mol. The Morgan fingerprint density at radius 2 is 2.19 bits per heavy atom. The molecule has 1 aliphatic carbocycles. The van der Waals surface area contributed by atoms with Crippen molar-refractivity contribution in [1.82, 2.24) is 9.97 Å². The van der Waals surface area contributed by atoms with Gasteiger partial charge in [0.25, 0.3) is 0 Å². The maximum Gasteiger partial charge on any atom is 0.167 e. The first-order valence-electron chi connectivity index (χ1n) is 5.16. The molecule has 0 amide bonds. The van der Waals surface area contributed by atoms with Crippen LogP contribution in [-0.4, -0.2) is 15.8 Å². The summed E-state index contributed by atoms with van der Waals surface area (Å²) in [5.74, 6) is 0.177. The molecule has 1 heterocycles. The van der Waals surface area contributed by atoms with Crippen LogP contribution in [-0.2, 0) is 11.2 Å². The van der Waals surface area contributed by atoms with Crippen molar-refractivity contribution in [1.29, 1.82) is 0 Å². The van der Waals surface area contributed by atoms with Gasteiger partial charge in [-0.1, -0.05) is 24.3 Å². The number of fused-ring (bicyclic) bond motifs is 1. The zero-order valence-electron chi connectivity index (χ0n) is 8.60. The highest BCUT2D eigenvalue weighted by Gasteiger charge is 2.23. The van der Waals surface area contributed by atoms with Crippen LogP contribution in [0.15, 0.2) is 36.8 Å². The number of aromatic nitrogens is 2. The third kappa shape index (κ3) is 1.37. The van der Waals surface area contributed by atoms with Crippen molar-refractivity contribution >= 4 is 17.4 Å². The third-order valence-corrected chi connectivity index (χ3v) is 2.78. The molecule has 0 atom stereocenters. The molecule has 0 radical (unpaired) electrons. The summed E-state index contributed by atoms with van der Waals surface area (Å²) in [6.07, 6.45) is 5.69. The summed E-state index contributed by atoms with van der Waals surface area (Å²) < 4.78 is 0. The molecule has 0 spiro atoms. The summed E-state index contributed by atoms with van der Waals surface area (Å²) in [4.78, 5) is 18.8. The first kappa shape index (κ1) is 9.09. The first-order valence-corrected chi connectivity index (χ1v) is 5.16. The molecule has 1 aliphatic rings. The molecule has 3 rings (SSSR count). The second-order valence-corrected chi connectivity index (χ2v) is 3.82. The van der Waals surface area contributed by atoms with Crippen molar-refractivity contribution in [2.24, 2.45) is 0 Å². The van der Waals surface area contributed by atoms with Crippen LogP contribution in [0.4, 0.5) is 0 Å². The van der Waals surface area contributed by atoms with Crippen molar-refractivity contribution in [2.75, 3.05) is 0 Å². The summed E-state index contributed by atoms with van der Waals surface area (Å²) in [5.41, 5.74) is 3.79. The molecule has 1 aromatic carbocycles. The number of carbonyl (C=O) groups excluding carboxylic acids is 1. The number of aromatic amines is 1. The quantitative estimate of drug-likeness (QED) is 0.732. The highest BCUT2D eigenvalue weighted by atomic mass is 16.1. The van der Waals surface area contributed by atoms with Gasteiger partial charge in [0.2, 0.25) is 0 Å². The van der Waals surface area contributed by atoms with E-state index >= 15 is 0 Å². The van der Waals surface area contributed by atoms with Crippen LogP contribution in [0.3, 0.4) is 0 Å². The summed E-state index contributed by atoms with van der Waals surface area (Å²) in [6, 6.07) is 7.91. The Balaban J connectivity index is 2.12. The number of ketones is 1. The van der Waals surface area contributed by atoms with Gasteiger partial charge < -0.3 is 4.98 Å². The van der Waals surface area contributed by atoms with Crippen LogP contribution in [0, 0.1) is 0 Å².